The van der Waals surface area contributed by atoms with E-state index in [1.165, 1.54) is 22.9 Å². The molecular weight excluding hydrogens is 320 g/mol. The molecule has 0 bridgehead atoms. The van der Waals surface area contributed by atoms with Gasteiger partial charge in [-0.05, 0) is 22.6 Å². The summed E-state index contributed by atoms with van der Waals surface area (Å²) in [4.78, 5) is 22.1. The minimum atomic E-state index is -0.592. The van der Waals surface area contributed by atoms with E-state index >= 15 is 0 Å². The summed E-state index contributed by atoms with van der Waals surface area (Å²) in [5.41, 5.74) is -0.174. The Morgan fingerprint density at radius 3 is 2.95 bits per heavy atom. The van der Waals surface area contributed by atoms with Crippen LogP contribution < -0.4 is 5.32 Å². The van der Waals surface area contributed by atoms with Gasteiger partial charge in [0.1, 0.15) is 5.69 Å². The zero-order chi connectivity index (χ0) is 15.4. The monoisotopic (exact) mass is 328 g/mol. The van der Waals surface area contributed by atoms with Crippen LogP contribution in [-0.2, 0) is 11.8 Å². The molecule has 1 amide bonds. The lowest BCUT2D eigenvalue weighted by Gasteiger charge is -2.06. The molecule has 0 atom stereocenters. The minimum absolute atomic E-state index is 0.0118. The van der Waals surface area contributed by atoms with Crippen LogP contribution in [0.3, 0.4) is 0 Å². The Balaban J connectivity index is 2.04. The summed E-state index contributed by atoms with van der Waals surface area (Å²) >= 11 is 6.89. The van der Waals surface area contributed by atoms with Crippen LogP contribution in [0.1, 0.15) is 0 Å². The highest BCUT2D eigenvalue weighted by Gasteiger charge is 2.16. The number of thioether (sulfide) groups is 1. The molecule has 0 saturated carbocycles. The number of hydrogen-bond acceptors (Lipinski definition) is 7. The van der Waals surface area contributed by atoms with Gasteiger partial charge in [0.2, 0.25) is 11.1 Å². The van der Waals surface area contributed by atoms with Crippen molar-refractivity contribution in [2.24, 2.45) is 7.05 Å². The van der Waals surface area contributed by atoms with Crippen LogP contribution in [0.15, 0.2) is 23.4 Å². The summed E-state index contributed by atoms with van der Waals surface area (Å²) in [5.74, 6) is -0.411. The van der Waals surface area contributed by atoms with E-state index in [1.54, 1.807) is 7.05 Å². The molecule has 1 aromatic carbocycles. The number of hydrogen-bond donors (Lipinski definition) is 1. The molecule has 1 N–H and O–H groups in total. The zero-order valence-electron chi connectivity index (χ0n) is 10.7. The van der Waals surface area contributed by atoms with Crippen molar-refractivity contribution < 1.29 is 9.72 Å². The number of anilines is 1. The van der Waals surface area contributed by atoms with Gasteiger partial charge in [-0.25, -0.2) is 4.68 Å². The average molecular weight is 329 g/mol. The lowest BCUT2D eigenvalue weighted by Crippen LogP contribution is -2.15. The topological polar surface area (TPSA) is 116 Å². The maximum Gasteiger partial charge on any atom is 0.292 e. The molecule has 1 heterocycles. The van der Waals surface area contributed by atoms with Crippen LogP contribution in [0.4, 0.5) is 11.4 Å². The van der Waals surface area contributed by atoms with Gasteiger partial charge in [-0.1, -0.05) is 23.4 Å². The zero-order valence-corrected chi connectivity index (χ0v) is 12.3. The number of aryl methyl sites for hydroxylation is 1. The van der Waals surface area contributed by atoms with Crippen LogP contribution in [0.2, 0.25) is 5.02 Å². The molecule has 2 aromatic rings. The molecule has 0 radical (unpaired) electrons. The van der Waals surface area contributed by atoms with E-state index in [0.29, 0.717) is 10.2 Å². The summed E-state index contributed by atoms with van der Waals surface area (Å²) < 4.78 is 1.42. The number of nitrogens with zero attached hydrogens (tertiary/aromatic N) is 5. The Hall–Kier alpha value is -2.20. The largest absolute Gasteiger partial charge is 0.320 e. The van der Waals surface area contributed by atoms with Crippen molar-refractivity contribution in [1.82, 2.24) is 20.2 Å². The highest BCUT2D eigenvalue weighted by molar-refractivity contribution is 7.99. The molecule has 21 heavy (non-hydrogen) atoms. The van der Waals surface area contributed by atoms with Crippen LogP contribution in [-0.4, -0.2) is 36.8 Å². The van der Waals surface area contributed by atoms with Gasteiger partial charge in [0, 0.05) is 18.1 Å². The van der Waals surface area contributed by atoms with Crippen LogP contribution in [0, 0.1) is 10.1 Å². The number of benzene rings is 1. The molecular formula is C10H9ClN6O3S. The van der Waals surface area contributed by atoms with Gasteiger partial charge in [-0.15, -0.1) is 5.10 Å². The van der Waals surface area contributed by atoms with Gasteiger partial charge < -0.3 is 5.32 Å². The maximum atomic E-state index is 11.8. The van der Waals surface area contributed by atoms with Crippen molar-refractivity contribution in [2.75, 3.05) is 11.1 Å². The number of nitro groups is 1. The van der Waals surface area contributed by atoms with E-state index in [-0.39, 0.29) is 17.1 Å². The third-order valence-corrected chi connectivity index (χ3v) is 3.59. The molecule has 0 aliphatic heterocycles. The third kappa shape index (κ3) is 3.89. The summed E-state index contributed by atoms with van der Waals surface area (Å²) in [6.45, 7) is 0. The lowest BCUT2D eigenvalue weighted by molar-refractivity contribution is -0.383. The van der Waals surface area contributed by atoms with Gasteiger partial charge in [-0.3, -0.25) is 14.9 Å². The Labute approximate surface area is 127 Å². The fourth-order valence-corrected chi connectivity index (χ4v) is 2.25. The molecule has 2 rings (SSSR count). The number of nitro benzene ring substituents is 1. The molecule has 11 heteroatoms. The summed E-state index contributed by atoms with van der Waals surface area (Å²) in [6.07, 6.45) is 0. The quantitative estimate of drug-likeness (QED) is 0.502. The first-order valence-electron chi connectivity index (χ1n) is 5.56. The number of aromatic nitrogens is 4. The van der Waals surface area contributed by atoms with E-state index in [1.807, 2.05) is 0 Å². The Kier molecular flexibility index (Phi) is 4.70. The number of amides is 1. The fraction of sp³-hybridized carbons (Fsp3) is 0.200. The van der Waals surface area contributed by atoms with Gasteiger partial charge in [0.05, 0.1) is 10.7 Å². The molecule has 0 fully saturated rings. The number of halogens is 1. The van der Waals surface area contributed by atoms with Crippen LogP contribution in [0.25, 0.3) is 0 Å². The van der Waals surface area contributed by atoms with Crippen molar-refractivity contribution in [2.45, 2.75) is 5.16 Å². The van der Waals surface area contributed by atoms with Gasteiger partial charge in [-0.2, -0.15) is 0 Å². The number of rotatable bonds is 5. The Bertz CT molecular complexity index is 691. The molecule has 0 aliphatic carbocycles. The molecule has 9 nitrogen and oxygen atoms in total. The standard InChI is InChI=1S/C10H9ClN6O3S/c1-16-10(13-14-15-16)21-5-9(18)12-7-4-6(11)2-3-8(7)17(19)20/h2-4H,5H2,1H3,(H,12,18). The normalized spacial score (nSPS) is 10.4. The van der Waals surface area contributed by atoms with Crippen molar-refractivity contribution >= 4 is 40.6 Å². The molecule has 1 aromatic heterocycles. The fourth-order valence-electron chi connectivity index (χ4n) is 1.43. The molecule has 0 aliphatic rings. The second kappa shape index (κ2) is 6.50. The van der Waals surface area contributed by atoms with E-state index in [2.05, 4.69) is 20.8 Å². The van der Waals surface area contributed by atoms with Gasteiger partial charge in [0.15, 0.2) is 0 Å². The highest BCUT2D eigenvalue weighted by Crippen LogP contribution is 2.27. The van der Waals surface area contributed by atoms with E-state index in [0.717, 1.165) is 11.8 Å². The summed E-state index contributed by atoms with van der Waals surface area (Å²) in [6, 6.07) is 3.94. The average Bonchev–Trinajstić information content (AvgIpc) is 2.81. The maximum absolute atomic E-state index is 11.8. The molecule has 0 saturated heterocycles. The number of carbonyl (C=O) groups is 1. The van der Waals surface area contributed by atoms with E-state index in [9.17, 15) is 14.9 Å². The number of tetrazole rings is 1. The first-order valence-corrected chi connectivity index (χ1v) is 6.92. The van der Waals surface area contributed by atoms with E-state index < -0.39 is 10.8 Å². The van der Waals surface area contributed by atoms with Crippen LogP contribution >= 0.6 is 23.4 Å². The number of nitrogens with one attached hydrogen (secondary N) is 1. The Morgan fingerprint density at radius 1 is 1.57 bits per heavy atom. The minimum Gasteiger partial charge on any atom is -0.320 e. The molecule has 0 spiro atoms. The smallest absolute Gasteiger partial charge is 0.292 e. The second-order valence-electron chi connectivity index (χ2n) is 3.84. The highest BCUT2D eigenvalue weighted by atomic mass is 35.5. The molecule has 110 valence electrons. The Morgan fingerprint density at radius 2 is 2.33 bits per heavy atom. The van der Waals surface area contributed by atoms with Crippen LogP contribution in [0.5, 0.6) is 0 Å². The van der Waals surface area contributed by atoms with Gasteiger partial charge >= 0.3 is 0 Å². The SMILES string of the molecule is Cn1nnnc1SCC(=O)Nc1cc(Cl)ccc1[N+](=O)[O-]. The second-order valence-corrected chi connectivity index (χ2v) is 5.22. The van der Waals surface area contributed by atoms with Crippen molar-refractivity contribution in [3.8, 4) is 0 Å². The first-order chi connectivity index (χ1) is 9.97. The predicted molar refractivity (Wildman–Crippen MR) is 76.3 cm³/mol. The van der Waals surface area contributed by atoms with Gasteiger partial charge in [0.25, 0.3) is 5.69 Å². The lowest BCUT2D eigenvalue weighted by atomic mass is 10.2. The predicted octanol–water partition coefficient (Wildman–Crippen LogP) is 1.50. The first kappa shape index (κ1) is 15.2. The van der Waals surface area contributed by atoms with Crippen molar-refractivity contribution in [1.29, 1.82) is 0 Å². The summed E-state index contributed by atoms with van der Waals surface area (Å²) in [5, 5.41) is 24.9. The molecule has 0 unspecified atom stereocenters. The van der Waals surface area contributed by atoms with E-state index in [4.69, 9.17) is 11.6 Å². The summed E-state index contributed by atoms with van der Waals surface area (Å²) in [7, 11) is 1.64. The van der Waals surface area contributed by atoms with Crippen molar-refractivity contribution in [3.63, 3.8) is 0 Å². The third-order valence-electron chi connectivity index (χ3n) is 2.34. The number of carbonyl (C=O) groups excluding carboxylic acids is 1. The van der Waals surface area contributed by atoms with Crippen molar-refractivity contribution in [3.05, 3.63) is 33.3 Å².